The van der Waals surface area contributed by atoms with Gasteiger partial charge in [0.05, 0.1) is 0 Å². The van der Waals surface area contributed by atoms with Crippen LogP contribution in [0.15, 0.2) is 39.0 Å². The summed E-state index contributed by atoms with van der Waals surface area (Å²) in [5.41, 5.74) is 1.22. The van der Waals surface area contributed by atoms with Crippen molar-refractivity contribution in [2.75, 3.05) is 0 Å². The lowest BCUT2D eigenvalue weighted by Gasteiger charge is -2.21. The van der Waals surface area contributed by atoms with Crippen LogP contribution in [0.25, 0.3) is 0 Å². The molecule has 0 saturated heterocycles. The normalized spacial score (nSPS) is 11.8. The fourth-order valence-electron chi connectivity index (χ4n) is 1.46. The summed E-state index contributed by atoms with van der Waals surface area (Å²) in [6, 6.07) is 6.18. The van der Waals surface area contributed by atoms with Gasteiger partial charge >= 0.3 is 0 Å². The topological polar surface area (TPSA) is 24.9 Å². The summed E-state index contributed by atoms with van der Waals surface area (Å²) in [7, 11) is 0. The van der Waals surface area contributed by atoms with Gasteiger partial charge in [0.25, 0.3) is 0 Å². The summed E-state index contributed by atoms with van der Waals surface area (Å²) >= 11 is 9.61. The van der Waals surface area contributed by atoms with Gasteiger partial charge in [-0.2, -0.15) is 0 Å². The smallest absolute Gasteiger partial charge is 0.154 e. The van der Waals surface area contributed by atoms with Gasteiger partial charge in [-0.15, -0.1) is 11.3 Å². The second-order valence-corrected chi connectivity index (χ2v) is 7.88. The monoisotopic (exact) mass is 312 g/mol. The molecule has 0 atom stereocenters. The number of hydrogen-bond acceptors (Lipinski definition) is 4. The molecule has 0 aliphatic rings. The second-order valence-electron chi connectivity index (χ2n) is 5.26. The molecule has 0 saturated carbocycles. The highest BCUT2D eigenvalue weighted by Gasteiger charge is 2.10. The Kier molecular flexibility index (Phi) is 4.90. The van der Waals surface area contributed by atoms with E-state index in [4.69, 9.17) is 11.6 Å². The predicted molar refractivity (Wildman–Crippen MR) is 84.3 cm³/mol. The predicted octanol–water partition coefficient (Wildman–Crippen LogP) is 4.84. The van der Waals surface area contributed by atoms with Crippen LogP contribution >= 0.6 is 34.7 Å². The van der Waals surface area contributed by atoms with E-state index in [1.165, 1.54) is 0 Å². The minimum Gasteiger partial charge on any atom is -0.308 e. The molecule has 1 N–H and O–H groups in total. The molecule has 0 aliphatic carbocycles. The fourth-order valence-corrected chi connectivity index (χ4v) is 3.40. The van der Waals surface area contributed by atoms with E-state index < -0.39 is 0 Å². The Balaban J connectivity index is 2.04. The molecule has 1 heterocycles. The Hall–Kier alpha value is -0.550. The SMILES string of the molecule is CC(C)(C)NCc1ccc(Sc2nccs2)cc1Cl. The van der Waals surface area contributed by atoms with Crippen molar-refractivity contribution in [1.29, 1.82) is 0 Å². The van der Waals surface area contributed by atoms with Gasteiger partial charge in [-0.25, -0.2) is 4.98 Å². The highest BCUT2D eigenvalue weighted by molar-refractivity contribution is 8.01. The van der Waals surface area contributed by atoms with Crippen molar-refractivity contribution >= 4 is 34.7 Å². The maximum absolute atomic E-state index is 6.33. The molecule has 102 valence electrons. The van der Waals surface area contributed by atoms with Crippen LogP contribution in [-0.2, 0) is 6.54 Å². The van der Waals surface area contributed by atoms with Crippen molar-refractivity contribution in [2.45, 2.75) is 42.1 Å². The average molecular weight is 313 g/mol. The molecule has 2 aromatic rings. The zero-order chi connectivity index (χ0) is 13.9. The summed E-state index contributed by atoms with van der Waals surface area (Å²) in [4.78, 5) is 5.38. The van der Waals surface area contributed by atoms with Gasteiger partial charge in [0, 0.05) is 33.6 Å². The Morgan fingerprint density at radius 3 is 2.74 bits per heavy atom. The quantitative estimate of drug-likeness (QED) is 0.874. The van der Waals surface area contributed by atoms with Crippen LogP contribution in [0.4, 0.5) is 0 Å². The lowest BCUT2D eigenvalue weighted by molar-refractivity contribution is 0.424. The molecule has 2 nitrogen and oxygen atoms in total. The minimum atomic E-state index is 0.0949. The lowest BCUT2D eigenvalue weighted by Crippen LogP contribution is -2.35. The Labute approximate surface area is 127 Å². The van der Waals surface area contributed by atoms with Crippen molar-refractivity contribution < 1.29 is 0 Å². The second kappa shape index (κ2) is 6.27. The van der Waals surface area contributed by atoms with Crippen molar-refractivity contribution in [1.82, 2.24) is 10.3 Å². The van der Waals surface area contributed by atoms with Gasteiger partial charge < -0.3 is 5.32 Å². The summed E-state index contributed by atoms with van der Waals surface area (Å²) in [6.07, 6.45) is 1.82. The molecule has 0 bridgehead atoms. The van der Waals surface area contributed by atoms with Crippen molar-refractivity contribution in [3.8, 4) is 0 Å². The number of hydrogen-bond donors (Lipinski definition) is 1. The number of thiazole rings is 1. The number of aromatic nitrogens is 1. The summed E-state index contributed by atoms with van der Waals surface area (Å²) in [6.45, 7) is 7.22. The first-order valence-electron chi connectivity index (χ1n) is 6.05. The molecule has 0 aliphatic heterocycles. The van der Waals surface area contributed by atoms with E-state index in [0.717, 1.165) is 26.4 Å². The molecule has 0 fully saturated rings. The van der Waals surface area contributed by atoms with Crippen molar-refractivity contribution in [3.63, 3.8) is 0 Å². The van der Waals surface area contributed by atoms with Gasteiger partial charge in [-0.05, 0) is 38.5 Å². The zero-order valence-electron chi connectivity index (χ0n) is 11.2. The molecular weight excluding hydrogens is 296 g/mol. The highest BCUT2D eigenvalue weighted by Crippen LogP contribution is 2.32. The van der Waals surface area contributed by atoms with Crippen LogP contribution < -0.4 is 5.32 Å². The highest BCUT2D eigenvalue weighted by atomic mass is 35.5. The van der Waals surface area contributed by atoms with Crippen LogP contribution in [0.2, 0.25) is 5.02 Å². The van der Waals surface area contributed by atoms with Crippen molar-refractivity contribution in [3.05, 3.63) is 40.4 Å². The molecule has 0 unspecified atom stereocenters. The molecular formula is C14H17ClN2S2. The van der Waals surface area contributed by atoms with Gasteiger partial charge in [0.15, 0.2) is 4.34 Å². The first-order chi connectivity index (χ1) is 8.94. The maximum Gasteiger partial charge on any atom is 0.154 e. The largest absolute Gasteiger partial charge is 0.308 e. The first-order valence-corrected chi connectivity index (χ1v) is 8.12. The molecule has 1 aromatic heterocycles. The fraction of sp³-hybridized carbons (Fsp3) is 0.357. The van der Waals surface area contributed by atoms with Gasteiger partial charge in [0.1, 0.15) is 0 Å². The minimum absolute atomic E-state index is 0.0949. The number of benzene rings is 1. The summed E-state index contributed by atoms with van der Waals surface area (Å²) < 4.78 is 1.04. The molecule has 0 spiro atoms. The number of nitrogens with zero attached hydrogens (tertiary/aromatic N) is 1. The van der Waals surface area contributed by atoms with E-state index in [2.05, 4.69) is 43.2 Å². The van der Waals surface area contributed by atoms with Gasteiger partial charge in [-0.1, -0.05) is 29.4 Å². The van der Waals surface area contributed by atoms with E-state index in [-0.39, 0.29) is 5.54 Å². The number of rotatable bonds is 4. The van der Waals surface area contributed by atoms with E-state index in [9.17, 15) is 0 Å². The number of nitrogens with one attached hydrogen (secondary N) is 1. The van der Waals surface area contributed by atoms with E-state index in [1.54, 1.807) is 23.1 Å². The van der Waals surface area contributed by atoms with Gasteiger partial charge in [-0.3, -0.25) is 0 Å². The maximum atomic E-state index is 6.33. The standard InChI is InChI=1S/C14H17ClN2S2/c1-14(2,3)17-9-10-4-5-11(8-12(10)15)19-13-16-6-7-18-13/h4-8,17H,9H2,1-3H3. The van der Waals surface area contributed by atoms with Crippen LogP contribution in [0.3, 0.4) is 0 Å². The molecule has 5 heteroatoms. The molecule has 19 heavy (non-hydrogen) atoms. The zero-order valence-corrected chi connectivity index (χ0v) is 13.6. The molecule has 0 radical (unpaired) electrons. The Bertz CT molecular complexity index is 533. The van der Waals surface area contributed by atoms with Crippen LogP contribution in [0.5, 0.6) is 0 Å². The molecule has 2 rings (SSSR count). The lowest BCUT2D eigenvalue weighted by atomic mass is 10.1. The average Bonchev–Trinajstić information content (AvgIpc) is 2.79. The third-order valence-corrected chi connectivity index (χ3v) is 4.67. The first kappa shape index (κ1) is 14.9. The third-order valence-electron chi connectivity index (χ3n) is 2.45. The Morgan fingerprint density at radius 1 is 1.37 bits per heavy atom. The summed E-state index contributed by atoms with van der Waals surface area (Å²) in [5, 5.41) is 6.22. The Morgan fingerprint density at radius 2 is 2.16 bits per heavy atom. The van der Waals surface area contributed by atoms with E-state index in [0.29, 0.717) is 0 Å². The van der Waals surface area contributed by atoms with Crippen molar-refractivity contribution in [2.24, 2.45) is 0 Å². The van der Waals surface area contributed by atoms with Crippen LogP contribution in [0, 0.1) is 0 Å². The summed E-state index contributed by atoms with van der Waals surface area (Å²) in [5.74, 6) is 0. The van der Waals surface area contributed by atoms with Crippen LogP contribution in [0.1, 0.15) is 26.3 Å². The van der Waals surface area contributed by atoms with E-state index >= 15 is 0 Å². The number of halogens is 1. The van der Waals surface area contributed by atoms with Gasteiger partial charge in [0.2, 0.25) is 0 Å². The van der Waals surface area contributed by atoms with E-state index in [1.807, 2.05) is 17.6 Å². The molecule has 0 amide bonds. The molecule has 1 aromatic carbocycles. The third kappa shape index (κ3) is 4.80. The van der Waals surface area contributed by atoms with Crippen LogP contribution in [-0.4, -0.2) is 10.5 Å².